The SMILES string of the molecule is CCCCNC(=O)[C@H](CC)N(Cc1cccc(OC)c1)C(=O)CCCN1c2cccc3cccc(c23)S1(=O)=O. The molecule has 0 fully saturated rings. The molecule has 1 atom stereocenters. The van der Waals surface area contributed by atoms with Crippen LogP contribution in [0.2, 0.25) is 0 Å². The van der Waals surface area contributed by atoms with Crippen LogP contribution in [0.5, 0.6) is 5.75 Å². The number of anilines is 1. The average molecular weight is 552 g/mol. The molecule has 8 nitrogen and oxygen atoms in total. The Bertz CT molecular complexity index is 1430. The van der Waals surface area contributed by atoms with Crippen molar-refractivity contribution in [3.63, 3.8) is 0 Å². The zero-order chi connectivity index (χ0) is 28.0. The van der Waals surface area contributed by atoms with Crippen LogP contribution in [0.3, 0.4) is 0 Å². The minimum Gasteiger partial charge on any atom is -0.497 e. The van der Waals surface area contributed by atoms with Crippen LogP contribution in [0.25, 0.3) is 10.8 Å². The maximum Gasteiger partial charge on any atom is 0.265 e. The quantitative estimate of drug-likeness (QED) is 0.306. The molecule has 1 aliphatic heterocycles. The Hall–Kier alpha value is -3.59. The molecule has 3 aromatic rings. The molecule has 1 aliphatic rings. The minimum atomic E-state index is -3.69. The van der Waals surface area contributed by atoms with E-state index in [2.05, 4.69) is 12.2 Å². The van der Waals surface area contributed by atoms with Crippen molar-refractivity contribution in [2.75, 3.05) is 24.5 Å². The number of nitrogens with one attached hydrogen (secondary N) is 1. The molecule has 208 valence electrons. The monoisotopic (exact) mass is 551 g/mol. The molecule has 0 spiro atoms. The van der Waals surface area contributed by atoms with Gasteiger partial charge in [-0.3, -0.25) is 13.9 Å². The predicted molar refractivity (Wildman–Crippen MR) is 153 cm³/mol. The zero-order valence-corrected chi connectivity index (χ0v) is 23.7. The summed E-state index contributed by atoms with van der Waals surface area (Å²) in [6, 6.07) is 17.7. The van der Waals surface area contributed by atoms with Gasteiger partial charge in [0.05, 0.1) is 17.7 Å². The van der Waals surface area contributed by atoms with Gasteiger partial charge >= 0.3 is 0 Å². The summed E-state index contributed by atoms with van der Waals surface area (Å²) in [7, 11) is -2.10. The zero-order valence-electron chi connectivity index (χ0n) is 22.9. The second kappa shape index (κ2) is 12.5. The molecule has 0 saturated heterocycles. The second-order valence-electron chi connectivity index (χ2n) is 9.75. The summed E-state index contributed by atoms with van der Waals surface area (Å²) in [6.45, 7) is 4.94. The highest BCUT2D eigenvalue weighted by atomic mass is 32.2. The van der Waals surface area contributed by atoms with E-state index in [0.717, 1.165) is 29.2 Å². The van der Waals surface area contributed by atoms with E-state index >= 15 is 0 Å². The Morgan fingerprint density at radius 1 is 1.03 bits per heavy atom. The third kappa shape index (κ3) is 6.03. The Morgan fingerprint density at radius 2 is 1.77 bits per heavy atom. The normalized spacial score (nSPS) is 14.3. The number of rotatable bonds is 13. The van der Waals surface area contributed by atoms with Gasteiger partial charge in [-0.15, -0.1) is 0 Å². The molecule has 9 heteroatoms. The van der Waals surface area contributed by atoms with Crippen LogP contribution in [0.1, 0.15) is 51.5 Å². The highest BCUT2D eigenvalue weighted by Crippen LogP contribution is 2.42. The van der Waals surface area contributed by atoms with Crippen molar-refractivity contribution in [2.24, 2.45) is 0 Å². The van der Waals surface area contributed by atoms with Crippen LogP contribution in [0, 0.1) is 0 Å². The van der Waals surface area contributed by atoms with Crippen molar-refractivity contribution in [1.29, 1.82) is 0 Å². The van der Waals surface area contributed by atoms with Gasteiger partial charge in [0.1, 0.15) is 11.8 Å². The summed E-state index contributed by atoms with van der Waals surface area (Å²) < 4.78 is 33.4. The van der Waals surface area contributed by atoms with Gasteiger partial charge in [0.25, 0.3) is 10.0 Å². The van der Waals surface area contributed by atoms with Crippen molar-refractivity contribution in [3.05, 3.63) is 66.2 Å². The Morgan fingerprint density at radius 3 is 2.49 bits per heavy atom. The molecule has 0 aliphatic carbocycles. The lowest BCUT2D eigenvalue weighted by atomic mass is 10.1. The van der Waals surface area contributed by atoms with Crippen molar-refractivity contribution >= 4 is 38.3 Å². The minimum absolute atomic E-state index is 0.112. The van der Waals surface area contributed by atoms with Crippen LogP contribution in [-0.2, 0) is 26.2 Å². The van der Waals surface area contributed by atoms with E-state index in [0.29, 0.717) is 35.7 Å². The van der Waals surface area contributed by atoms with Crippen LogP contribution in [0.4, 0.5) is 5.69 Å². The molecule has 2 amide bonds. The Balaban J connectivity index is 1.51. The third-order valence-corrected chi connectivity index (χ3v) is 8.99. The molecule has 39 heavy (non-hydrogen) atoms. The van der Waals surface area contributed by atoms with Crippen molar-refractivity contribution < 1.29 is 22.7 Å². The molecule has 1 heterocycles. The van der Waals surface area contributed by atoms with E-state index in [1.54, 1.807) is 30.2 Å². The number of carbonyl (C=O) groups excluding carboxylic acids is 2. The first-order chi connectivity index (χ1) is 18.8. The van der Waals surface area contributed by atoms with Gasteiger partial charge in [0.2, 0.25) is 11.8 Å². The number of nitrogens with zero attached hydrogens (tertiary/aromatic N) is 2. The van der Waals surface area contributed by atoms with E-state index in [-0.39, 0.29) is 31.3 Å². The topological polar surface area (TPSA) is 96.0 Å². The first-order valence-corrected chi connectivity index (χ1v) is 15.0. The van der Waals surface area contributed by atoms with Gasteiger partial charge in [0, 0.05) is 31.4 Å². The fourth-order valence-electron chi connectivity index (χ4n) is 5.11. The molecule has 4 rings (SSSR count). The molecule has 0 aromatic heterocycles. The largest absolute Gasteiger partial charge is 0.497 e. The number of ether oxygens (including phenoxy) is 1. The van der Waals surface area contributed by atoms with Gasteiger partial charge in [0.15, 0.2) is 0 Å². The van der Waals surface area contributed by atoms with Crippen LogP contribution >= 0.6 is 0 Å². The number of carbonyl (C=O) groups is 2. The summed E-state index contributed by atoms with van der Waals surface area (Å²) in [5.74, 6) is 0.308. The number of benzene rings is 3. The van der Waals surface area contributed by atoms with Crippen LogP contribution in [0.15, 0.2) is 65.6 Å². The number of hydrogen-bond donors (Lipinski definition) is 1. The fraction of sp³-hybridized carbons (Fsp3) is 0.400. The van der Waals surface area contributed by atoms with Gasteiger partial charge < -0.3 is 15.0 Å². The third-order valence-electron chi connectivity index (χ3n) is 7.14. The van der Waals surface area contributed by atoms with Crippen molar-refractivity contribution in [2.45, 2.75) is 63.4 Å². The molecule has 0 radical (unpaired) electrons. The van der Waals surface area contributed by atoms with Crippen molar-refractivity contribution in [3.8, 4) is 5.75 Å². The maximum absolute atomic E-state index is 13.6. The van der Waals surface area contributed by atoms with Gasteiger partial charge in [-0.1, -0.05) is 56.7 Å². The number of amides is 2. The highest BCUT2D eigenvalue weighted by Gasteiger charge is 2.35. The number of methoxy groups -OCH3 is 1. The van der Waals surface area contributed by atoms with E-state index in [1.807, 2.05) is 49.4 Å². The Labute approximate surface area is 231 Å². The Kier molecular flexibility index (Phi) is 9.12. The second-order valence-corrected chi connectivity index (χ2v) is 11.6. The molecule has 0 saturated carbocycles. The average Bonchev–Trinajstić information content (AvgIpc) is 3.16. The summed E-state index contributed by atoms with van der Waals surface area (Å²) >= 11 is 0. The number of hydrogen-bond acceptors (Lipinski definition) is 5. The first kappa shape index (κ1) is 28.4. The maximum atomic E-state index is 13.6. The molecule has 0 unspecified atom stereocenters. The van der Waals surface area contributed by atoms with Gasteiger partial charge in [-0.05, 0) is 54.5 Å². The van der Waals surface area contributed by atoms with Crippen LogP contribution in [-0.4, -0.2) is 51.4 Å². The number of unbranched alkanes of at least 4 members (excludes halogenated alkanes) is 1. The summed E-state index contributed by atoms with van der Waals surface area (Å²) in [6.07, 6.45) is 2.73. The smallest absolute Gasteiger partial charge is 0.265 e. The fourth-order valence-corrected chi connectivity index (χ4v) is 6.86. The predicted octanol–water partition coefficient (Wildman–Crippen LogP) is 4.86. The number of sulfonamides is 1. The summed E-state index contributed by atoms with van der Waals surface area (Å²) in [5.41, 5.74) is 1.50. The first-order valence-electron chi connectivity index (χ1n) is 13.6. The summed E-state index contributed by atoms with van der Waals surface area (Å²) in [4.78, 5) is 28.6. The van der Waals surface area contributed by atoms with Crippen LogP contribution < -0.4 is 14.4 Å². The lowest BCUT2D eigenvalue weighted by molar-refractivity contribution is -0.141. The van der Waals surface area contributed by atoms with E-state index < -0.39 is 16.1 Å². The standard InChI is InChI=1S/C30H37N3O5S/c1-4-6-18-31-30(35)25(5-2)32(21-22-11-7-14-24(20-22)38-3)28(34)17-10-19-33-26-15-8-12-23-13-9-16-27(29(23)26)39(33,36)37/h7-9,11-16,20,25H,4-6,10,17-19,21H2,1-3H3,(H,31,35)/t25-/m0/s1. The molecule has 3 aromatic carbocycles. The lowest BCUT2D eigenvalue weighted by Crippen LogP contribution is -2.49. The molecular formula is C30H37N3O5S. The van der Waals surface area contributed by atoms with Crippen molar-refractivity contribution in [1.82, 2.24) is 10.2 Å². The molecule has 0 bridgehead atoms. The van der Waals surface area contributed by atoms with E-state index in [1.165, 1.54) is 4.31 Å². The molecule has 1 N–H and O–H groups in total. The van der Waals surface area contributed by atoms with Gasteiger partial charge in [-0.2, -0.15) is 0 Å². The van der Waals surface area contributed by atoms with Gasteiger partial charge in [-0.25, -0.2) is 8.42 Å². The van der Waals surface area contributed by atoms with E-state index in [9.17, 15) is 18.0 Å². The molecular weight excluding hydrogens is 514 g/mol. The highest BCUT2D eigenvalue weighted by molar-refractivity contribution is 7.93. The van der Waals surface area contributed by atoms with E-state index in [4.69, 9.17) is 4.74 Å². The lowest BCUT2D eigenvalue weighted by Gasteiger charge is -2.31. The summed E-state index contributed by atoms with van der Waals surface area (Å²) in [5, 5.41) is 4.56.